The first kappa shape index (κ1) is 16.4. The van der Waals surface area contributed by atoms with Gasteiger partial charge in [-0.2, -0.15) is 11.8 Å². The van der Waals surface area contributed by atoms with Gasteiger partial charge in [-0.15, -0.1) is 0 Å². The van der Waals surface area contributed by atoms with Crippen molar-refractivity contribution < 1.29 is 4.79 Å². The fraction of sp³-hybridized carbons (Fsp3) is 0.588. The zero-order valence-electron chi connectivity index (χ0n) is 13.0. The van der Waals surface area contributed by atoms with Gasteiger partial charge < -0.3 is 10.6 Å². The molecule has 116 valence electrons. The molecule has 0 bridgehead atoms. The minimum absolute atomic E-state index is 0.00662. The van der Waals surface area contributed by atoms with Crippen LogP contribution in [0.1, 0.15) is 31.7 Å². The van der Waals surface area contributed by atoms with Crippen molar-refractivity contribution in [3.63, 3.8) is 0 Å². The van der Waals surface area contributed by atoms with Crippen LogP contribution in [0.25, 0.3) is 0 Å². The lowest BCUT2D eigenvalue weighted by Gasteiger charge is -2.33. The van der Waals surface area contributed by atoms with Crippen LogP contribution in [0.5, 0.6) is 0 Å². The van der Waals surface area contributed by atoms with Crippen LogP contribution in [0.2, 0.25) is 0 Å². The Morgan fingerprint density at radius 2 is 2.19 bits per heavy atom. The molecule has 4 heteroatoms. The minimum atomic E-state index is -0.00662. The normalized spacial score (nSPS) is 21.0. The van der Waals surface area contributed by atoms with Crippen molar-refractivity contribution in [2.45, 2.75) is 43.4 Å². The van der Waals surface area contributed by atoms with Crippen molar-refractivity contribution in [1.29, 1.82) is 0 Å². The van der Waals surface area contributed by atoms with E-state index in [1.807, 2.05) is 18.2 Å². The molecular formula is C17H26N2OS. The van der Waals surface area contributed by atoms with Gasteiger partial charge in [0.15, 0.2) is 0 Å². The van der Waals surface area contributed by atoms with Crippen molar-refractivity contribution in [2.24, 2.45) is 0 Å². The van der Waals surface area contributed by atoms with Gasteiger partial charge >= 0.3 is 0 Å². The molecular weight excluding hydrogens is 280 g/mol. The highest BCUT2D eigenvalue weighted by Crippen LogP contribution is 2.34. The van der Waals surface area contributed by atoms with E-state index < -0.39 is 0 Å². The molecule has 2 rings (SSSR count). The number of thioether (sulfide) groups is 1. The second-order valence-corrected chi connectivity index (χ2v) is 7.27. The lowest BCUT2D eigenvalue weighted by atomic mass is 9.95. The summed E-state index contributed by atoms with van der Waals surface area (Å²) in [6.07, 6.45) is 5.98. The van der Waals surface area contributed by atoms with Crippen LogP contribution in [0.4, 0.5) is 0 Å². The Hall–Kier alpha value is -1.00. The van der Waals surface area contributed by atoms with Gasteiger partial charge in [0.2, 0.25) is 5.91 Å². The monoisotopic (exact) mass is 306 g/mol. The van der Waals surface area contributed by atoms with Crippen LogP contribution in [0.3, 0.4) is 0 Å². The van der Waals surface area contributed by atoms with E-state index in [2.05, 4.69) is 35.9 Å². The van der Waals surface area contributed by atoms with Crippen molar-refractivity contribution >= 4 is 17.7 Å². The number of hydrogen-bond donors (Lipinski definition) is 2. The van der Waals surface area contributed by atoms with Gasteiger partial charge in [0, 0.05) is 23.8 Å². The topological polar surface area (TPSA) is 41.1 Å². The van der Waals surface area contributed by atoms with Gasteiger partial charge in [-0.25, -0.2) is 0 Å². The maximum atomic E-state index is 12.2. The summed E-state index contributed by atoms with van der Waals surface area (Å²) >= 11 is 1.80. The maximum absolute atomic E-state index is 12.2. The fourth-order valence-corrected chi connectivity index (χ4v) is 3.68. The molecule has 1 aromatic carbocycles. The summed E-state index contributed by atoms with van der Waals surface area (Å²) in [5.41, 5.74) is 1.27. The molecule has 0 aromatic heterocycles. The first-order valence-corrected chi connectivity index (χ1v) is 8.96. The lowest BCUT2D eigenvalue weighted by Crippen LogP contribution is -2.46. The molecule has 0 spiro atoms. The lowest BCUT2D eigenvalue weighted by molar-refractivity contribution is -0.121. The number of rotatable bonds is 7. The third-order valence-corrected chi connectivity index (χ3v) is 5.72. The van der Waals surface area contributed by atoms with E-state index in [1.165, 1.54) is 18.4 Å². The Labute approximate surface area is 132 Å². The Bertz CT molecular complexity index is 445. The second kappa shape index (κ2) is 7.85. The maximum Gasteiger partial charge on any atom is 0.221 e. The number of carbonyl (C=O) groups is 1. The predicted molar refractivity (Wildman–Crippen MR) is 90.7 cm³/mol. The average molecular weight is 306 g/mol. The number of hydrogen-bond acceptors (Lipinski definition) is 3. The van der Waals surface area contributed by atoms with Crippen LogP contribution in [-0.4, -0.2) is 36.0 Å². The highest BCUT2D eigenvalue weighted by molar-refractivity contribution is 8.00. The molecule has 2 N–H and O–H groups in total. The van der Waals surface area contributed by atoms with E-state index >= 15 is 0 Å². The van der Waals surface area contributed by atoms with Crippen LogP contribution in [0.15, 0.2) is 30.3 Å². The highest BCUT2D eigenvalue weighted by atomic mass is 32.2. The molecule has 1 amide bonds. The Balaban J connectivity index is 1.77. The molecule has 1 fully saturated rings. The van der Waals surface area contributed by atoms with Gasteiger partial charge in [-0.1, -0.05) is 30.3 Å². The zero-order valence-corrected chi connectivity index (χ0v) is 13.8. The molecule has 0 aliphatic carbocycles. The highest BCUT2D eigenvalue weighted by Gasteiger charge is 2.37. The SMILES string of the molecule is CSC(C)(CC(=O)NCCc1ccccc1)C1CCCN1. The van der Waals surface area contributed by atoms with Gasteiger partial charge in [-0.05, 0) is 44.6 Å². The average Bonchev–Trinajstić information content (AvgIpc) is 3.03. The van der Waals surface area contributed by atoms with E-state index in [1.54, 1.807) is 11.8 Å². The molecule has 0 radical (unpaired) electrons. The quantitative estimate of drug-likeness (QED) is 0.813. The Kier molecular flexibility index (Phi) is 6.12. The van der Waals surface area contributed by atoms with Crippen molar-refractivity contribution in [3.8, 4) is 0 Å². The van der Waals surface area contributed by atoms with Gasteiger partial charge in [0.05, 0.1) is 0 Å². The third kappa shape index (κ3) is 4.75. The molecule has 2 unspecified atom stereocenters. The molecule has 1 aliphatic heterocycles. The summed E-state index contributed by atoms with van der Waals surface area (Å²) in [6.45, 7) is 4.00. The van der Waals surface area contributed by atoms with Gasteiger partial charge in [0.25, 0.3) is 0 Å². The summed E-state index contributed by atoms with van der Waals surface area (Å²) < 4.78 is -0.00662. The van der Waals surface area contributed by atoms with E-state index in [-0.39, 0.29) is 10.7 Å². The first-order chi connectivity index (χ1) is 10.1. The van der Waals surface area contributed by atoms with E-state index in [0.29, 0.717) is 19.0 Å². The van der Waals surface area contributed by atoms with Crippen LogP contribution in [-0.2, 0) is 11.2 Å². The summed E-state index contributed by atoms with van der Waals surface area (Å²) in [5, 5.41) is 6.60. The smallest absolute Gasteiger partial charge is 0.221 e. The molecule has 0 saturated carbocycles. The van der Waals surface area contributed by atoms with Gasteiger partial charge in [0.1, 0.15) is 0 Å². The molecule has 1 aliphatic rings. The fourth-order valence-electron chi connectivity index (χ4n) is 2.92. The van der Waals surface area contributed by atoms with Crippen molar-refractivity contribution in [3.05, 3.63) is 35.9 Å². The van der Waals surface area contributed by atoms with E-state index in [0.717, 1.165) is 13.0 Å². The molecule has 1 heterocycles. The van der Waals surface area contributed by atoms with E-state index in [4.69, 9.17) is 0 Å². The molecule has 1 aromatic rings. The number of nitrogens with one attached hydrogen (secondary N) is 2. The molecule has 2 atom stereocenters. The standard InChI is InChI=1S/C17H26N2OS/c1-17(21-2,15-9-6-11-18-15)13-16(20)19-12-10-14-7-4-3-5-8-14/h3-5,7-8,15,18H,6,9-13H2,1-2H3,(H,19,20). The Morgan fingerprint density at radius 1 is 1.43 bits per heavy atom. The first-order valence-electron chi connectivity index (χ1n) is 7.73. The minimum Gasteiger partial charge on any atom is -0.356 e. The van der Waals surface area contributed by atoms with E-state index in [9.17, 15) is 4.79 Å². The second-order valence-electron chi connectivity index (χ2n) is 5.93. The molecule has 1 saturated heterocycles. The summed E-state index contributed by atoms with van der Waals surface area (Å²) in [4.78, 5) is 12.2. The summed E-state index contributed by atoms with van der Waals surface area (Å²) in [7, 11) is 0. The molecule has 21 heavy (non-hydrogen) atoms. The summed E-state index contributed by atoms with van der Waals surface area (Å²) in [5.74, 6) is 0.163. The van der Waals surface area contributed by atoms with Crippen LogP contribution in [0, 0.1) is 0 Å². The van der Waals surface area contributed by atoms with Crippen LogP contribution >= 0.6 is 11.8 Å². The third-order valence-electron chi connectivity index (χ3n) is 4.35. The molecule has 3 nitrogen and oxygen atoms in total. The Morgan fingerprint density at radius 3 is 2.81 bits per heavy atom. The van der Waals surface area contributed by atoms with Gasteiger partial charge in [-0.3, -0.25) is 4.79 Å². The zero-order chi connectivity index (χ0) is 15.1. The largest absolute Gasteiger partial charge is 0.356 e. The van der Waals surface area contributed by atoms with Crippen molar-refractivity contribution in [2.75, 3.05) is 19.3 Å². The predicted octanol–water partition coefficient (Wildman–Crippen LogP) is 2.61. The van der Waals surface area contributed by atoms with Crippen molar-refractivity contribution in [1.82, 2.24) is 10.6 Å². The summed E-state index contributed by atoms with van der Waals surface area (Å²) in [6, 6.07) is 10.7. The van der Waals surface area contributed by atoms with Crippen LogP contribution < -0.4 is 10.6 Å². The number of carbonyl (C=O) groups excluding carboxylic acids is 1. The number of amides is 1. The number of benzene rings is 1.